The van der Waals surface area contributed by atoms with Crippen molar-refractivity contribution in [1.29, 1.82) is 0 Å². The molecule has 0 radical (unpaired) electrons. The molecule has 0 amide bonds. The van der Waals surface area contributed by atoms with Gasteiger partial charge >= 0.3 is 0 Å². The third kappa shape index (κ3) is 2.36. The normalized spacial score (nSPS) is 18.5. The quantitative estimate of drug-likeness (QED) is 0.880. The van der Waals surface area contributed by atoms with Gasteiger partial charge in [0, 0.05) is 30.3 Å². The monoisotopic (exact) mass is 357 g/mol. The minimum Gasteiger partial charge on any atom is -0.504 e. The number of phenolic OH excluding ortho intramolecular Hbond substituents is 2. The molecule has 6 nitrogen and oxygen atoms in total. The van der Waals surface area contributed by atoms with Crippen LogP contribution in [0.25, 0.3) is 0 Å². The van der Waals surface area contributed by atoms with Crippen molar-refractivity contribution in [3.05, 3.63) is 40.5 Å². The summed E-state index contributed by atoms with van der Waals surface area (Å²) < 4.78 is 16.2. The molecule has 2 aliphatic rings. The predicted octanol–water partition coefficient (Wildman–Crippen LogP) is 2.78. The van der Waals surface area contributed by atoms with E-state index in [0.717, 1.165) is 41.6 Å². The fraction of sp³-hybridized carbons (Fsp3) is 0.400. The molecule has 0 bridgehead atoms. The van der Waals surface area contributed by atoms with Crippen LogP contribution in [-0.4, -0.2) is 43.0 Å². The van der Waals surface area contributed by atoms with Gasteiger partial charge in [-0.1, -0.05) is 6.07 Å². The summed E-state index contributed by atoms with van der Waals surface area (Å²) in [5.74, 6) is 1.84. The summed E-state index contributed by atoms with van der Waals surface area (Å²) in [4.78, 5) is 2.36. The molecule has 0 aromatic heterocycles. The van der Waals surface area contributed by atoms with E-state index < -0.39 is 0 Å². The zero-order valence-corrected chi connectivity index (χ0v) is 15.2. The van der Waals surface area contributed by atoms with Gasteiger partial charge in [0.15, 0.2) is 23.0 Å². The maximum atomic E-state index is 10.7. The van der Waals surface area contributed by atoms with Crippen LogP contribution in [0.4, 0.5) is 0 Å². The lowest BCUT2D eigenvalue weighted by molar-refractivity contribution is 0.155. The summed E-state index contributed by atoms with van der Waals surface area (Å²) in [5, 5.41) is 20.7. The Balaban J connectivity index is 1.81. The van der Waals surface area contributed by atoms with Crippen LogP contribution in [0.3, 0.4) is 0 Å². The Morgan fingerprint density at radius 3 is 2.46 bits per heavy atom. The maximum absolute atomic E-state index is 10.7. The average Bonchev–Trinajstić information content (AvgIpc) is 2.66. The van der Waals surface area contributed by atoms with Crippen molar-refractivity contribution in [2.75, 3.05) is 27.9 Å². The molecule has 2 aromatic rings. The first-order valence-electron chi connectivity index (χ1n) is 8.67. The number of aromatic hydroxyl groups is 2. The number of phenols is 2. The second kappa shape index (κ2) is 6.29. The largest absolute Gasteiger partial charge is 0.504 e. The molecule has 4 rings (SSSR count). The van der Waals surface area contributed by atoms with Crippen molar-refractivity contribution in [2.45, 2.75) is 25.4 Å². The van der Waals surface area contributed by atoms with E-state index in [4.69, 9.17) is 14.2 Å². The van der Waals surface area contributed by atoms with Gasteiger partial charge in [-0.15, -0.1) is 0 Å². The lowest BCUT2D eigenvalue weighted by atomic mass is 9.83. The predicted molar refractivity (Wildman–Crippen MR) is 96.4 cm³/mol. The van der Waals surface area contributed by atoms with Crippen LogP contribution in [0.15, 0.2) is 18.2 Å². The first-order chi connectivity index (χ1) is 12.6. The number of ether oxygens (including phenoxy) is 3. The highest BCUT2D eigenvalue weighted by Gasteiger charge is 2.36. The van der Waals surface area contributed by atoms with E-state index in [0.29, 0.717) is 23.8 Å². The average molecular weight is 357 g/mol. The van der Waals surface area contributed by atoms with E-state index in [9.17, 15) is 10.2 Å². The molecular weight excluding hydrogens is 334 g/mol. The number of benzene rings is 2. The smallest absolute Gasteiger partial charge is 0.203 e. The molecule has 1 atom stereocenters. The van der Waals surface area contributed by atoms with Crippen LogP contribution >= 0.6 is 0 Å². The first-order valence-corrected chi connectivity index (χ1v) is 8.67. The Morgan fingerprint density at radius 1 is 1.00 bits per heavy atom. The Labute approximate surface area is 152 Å². The SMILES string of the molecule is COc1cc2c(c(O)c1OC)CCN1Cc3c(ccc(O)c3OC)CC21. The highest BCUT2D eigenvalue weighted by atomic mass is 16.5. The van der Waals surface area contributed by atoms with Crippen LogP contribution in [-0.2, 0) is 19.4 Å². The molecule has 26 heavy (non-hydrogen) atoms. The Morgan fingerprint density at radius 2 is 1.77 bits per heavy atom. The fourth-order valence-corrected chi connectivity index (χ4v) is 4.29. The van der Waals surface area contributed by atoms with Crippen LogP contribution < -0.4 is 14.2 Å². The number of methoxy groups -OCH3 is 3. The third-order valence-corrected chi connectivity index (χ3v) is 5.55. The van der Waals surface area contributed by atoms with Gasteiger partial charge in [-0.05, 0) is 36.1 Å². The second-order valence-corrected chi connectivity index (χ2v) is 6.72. The van der Waals surface area contributed by atoms with Crippen LogP contribution in [0.2, 0.25) is 0 Å². The summed E-state index contributed by atoms with van der Waals surface area (Å²) in [6.07, 6.45) is 1.52. The van der Waals surface area contributed by atoms with Crippen molar-refractivity contribution in [3.8, 4) is 28.7 Å². The van der Waals surface area contributed by atoms with Crippen molar-refractivity contribution in [2.24, 2.45) is 0 Å². The second-order valence-electron chi connectivity index (χ2n) is 6.72. The third-order valence-electron chi connectivity index (χ3n) is 5.55. The number of fused-ring (bicyclic) bond motifs is 4. The summed E-state index contributed by atoms with van der Waals surface area (Å²) in [5.41, 5.74) is 4.20. The van der Waals surface area contributed by atoms with Gasteiger partial charge in [0.1, 0.15) is 0 Å². The molecule has 2 N–H and O–H groups in total. The summed E-state index contributed by atoms with van der Waals surface area (Å²) >= 11 is 0. The van der Waals surface area contributed by atoms with Gasteiger partial charge in [-0.25, -0.2) is 0 Å². The van der Waals surface area contributed by atoms with E-state index in [2.05, 4.69) is 4.90 Å². The highest BCUT2D eigenvalue weighted by molar-refractivity contribution is 5.61. The van der Waals surface area contributed by atoms with Crippen LogP contribution in [0.5, 0.6) is 28.7 Å². The zero-order valence-electron chi connectivity index (χ0n) is 15.2. The first kappa shape index (κ1) is 16.8. The molecular formula is C20H23NO5. The molecule has 0 saturated heterocycles. The van der Waals surface area contributed by atoms with E-state index in [1.165, 1.54) is 7.11 Å². The molecule has 6 heteroatoms. The standard InChI is InChI=1S/C20H23NO5/c1-24-17-9-13-12(18(23)20(17)26-3)6-7-21-10-14-11(8-15(13)21)4-5-16(22)19(14)25-2/h4-5,9,15,22-23H,6-8,10H2,1-3H3. The number of nitrogens with zero attached hydrogens (tertiary/aromatic N) is 1. The molecule has 1 unspecified atom stereocenters. The van der Waals surface area contributed by atoms with E-state index in [1.54, 1.807) is 20.3 Å². The topological polar surface area (TPSA) is 71.4 Å². The Kier molecular flexibility index (Phi) is 4.07. The highest BCUT2D eigenvalue weighted by Crippen LogP contribution is 2.49. The number of hydrogen-bond acceptors (Lipinski definition) is 6. The van der Waals surface area contributed by atoms with E-state index in [1.807, 2.05) is 12.1 Å². The van der Waals surface area contributed by atoms with Gasteiger partial charge in [-0.3, -0.25) is 4.90 Å². The summed E-state index contributed by atoms with van der Waals surface area (Å²) in [6.45, 7) is 1.52. The van der Waals surface area contributed by atoms with Crippen LogP contribution in [0.1, 0.15) is 28.3 Å². The van der Waals surface area contributed by atoms with Gasteiger partial charge in [0.25, 0.3) is 0 Å². The van der Waals surface area contributed by atoms with Crippen LogP contribution in [0, 0.1) is 0 Å². The molecule has 2 aromatic carbocycles. The maximum Gasteiger partial charge on any atom is 0.203 e. The molecule has 0 aliphatic carbocycles. The lowest BCUT2D eigenvalue weighted by Gasteiger charge is -2.42. The summed E-state index contributed by atoms with van der Waals surface area (Å²) in [6, 6.07) is 5.77. The molecule has 0 fully saturated rings. The number of rotatable bonds is 3. The lowest BCUT2D eigenvalue weighted by Crippen LogP contribution is -2.39. The van der Waals surface area contributed by atoms with Crippen molar-refractivity contribution in [1.82, 2.24) is 4.90 Å². The molecule has 0 spiro atoms. The fourth-order valence-electron chi connectivity index (χ4n) is 4.29. The van der Waals surface area contributed by atoms with Gasteiger partial charge in [-0.2, -0.15) is 0 Å². The Bertz CT molecular complexity index is 864. The summed E-state index contributed by atoms with van der Waals surface area (Å²) in [7, 11) is 4.70. The molecule has 138 valence electrons. The number of hydrogen-bond donors (Lipinski definition) is 2. The molecule has 2 aliphatic heterocycles. The molecule has 0 saturated carbocycles. The minimum absolute atomic E-state index is 0.145. The van der Waals surface area contributed by atoms with E-state index >= 15 is 0 Å². The minimum atomic E-state index is 0.145. The van der Waals surface area contributed by atoms with Crippen molar-refractivity contribution in [3.63, 3.8) is 0 Å². The van der Waals surface area contributed by atoms with Gasteiger partial charge in [0.2, 0.25) is 5.75 Å². The van der Waals surface area contributed by atoms with E-state index in [-0.39, 0.29) is 17.5 Å². The van der Waals surface area contributed by atoms with Crippen molar-refractivity contribution >= 4 is 0 Å². The zero-order chi connectivity index (χ0) is 18.4. The van der Waals surface area contributed by atoms with Gasteiger partial charge < -0.3 is 24.4 Å². The van der Waals surface area contributed by atoms with Gasteiger partial charge in [0.05, 0.1) is 21.3 Å². The Hall–Kier alpha value is -2.60. The van der Waals surface area contributed by atoms with Crippen molar-refractivity contribution < 1.29 is 24.4 Å². The molecule has 2 heterocycles.